The second-order valence-corrected chi connectivity index (χ2v) is 5.60. The van der Waals surface area contributed by atoms with Gasteiger partial charge in [-0.05, 0) is 37.6 Å². The first-order valence-electron chi connectivity index (χ1n) is 6.85. The van der Waals surface area contributed by atoms with Crippen molar-refractivity contribution < 1.29 is 9.59 Å². The highest BCUT2D eigenvalue weighted by atomic mass is 35.5. The lowest BCUT2D eigenvalue weighted by Gasteiger charge is -2.32. The van der Waals surface area contributed by atoms with Crippen LogP contribution in [0.3, 0.4) is 0 Å². The molecule has 0 radical (unpaired) electrons. The molecule has 0 spiro atoms. The Morgan fingerprint density at radius 2 is 2.14 bits per heavy atom. The minimum atomic E-state index is -0.384. The molecule has 6 nitrogen and oxygen atoms in total. The van der Waals surface area contributed by atoms with Gasteiger partial charge >= 0.3 is 0 Å². The maximum atomic E-state index is 12.1. The van der Waals surface area contributed by atoms with Crippen LogP contribution < -0.4 is 16.8 Å². The molecule has 1 heterocycles. The Morgan fingerprint density at radius 3 is 2.86 bits per heavy atom. The number of halogens is 1. The highest BCUT2D eigenvalue weighted by Crippen LogP contribution is 2.23. The quantitative estimate of drug-likeness (QED) is 0.727. The van der Waals surface area contributed by atoms with Crippen LogP contribution in [0.1, 0.15) is 19.3 Å². The van der Waals surface area contributed by atoms with Crippen molar-refractivity contribution in [2.75, 3.05) is 24.1 Å². The minimum absolute atomic E-state index is 0.111. The minimum Gasteiger partial charge on any atom is -0.397 e. The van der Waals surface area contributed by atoms with Crippen molar-refractivity contribution >= 4 is 34.8 Å². The first kappa shape index (κ1) is 15.6. The molecule has 7 heteroatoms. The number of hydrogen-bond donors (Lipinski definition) is 3. The zero-order valence-corrected chi connectivity index (χ0v) is 12.4. The summed E-state index contributed by atoms with van der Waals surface area (Å²) in [5.41, 5.74) is 12.1. The third kappa shape index (κ3) is 4.09. The summed E-state index contributed by atoms with van der Waals surface area (Å²) >= 11 is 5.88. The van der Waals surface area contributed by atoms with E-state index in [4.69, 9.17) is 23.1 Å². The number of nitrogen functional groups attached to an aromatic ring is 1. The number of nitrogens with one attached hydrogen (secondary N) is 1. The number of benzene rings is 1. The third-order valence-corrected chi connectivity index (χ3v) is 3.81. The second kappa shape index (κ2) is 6.78. The van der Waals surface area contributed by atoms with Crippen LogP contribution in [-0.4, -0.2) is 35.8 Å². The van der Waals surface area contributed by atoms with Crippen LogP contribution in [0.15, 0.2) is 18.2 Å². The molecule has 0 saturated carbocycles. The predicted octanol–water partition coefficient (Wildman–Crippen LogP) is 1.20. The summed E-state index contributed by atoms with van der Waals surface area (Å²) in [7, 11) is 0. The van der Waals surface area contributed by atoms with Crippen molar-refractivity contribution in [2.45, 2.75) is 25.3 Å². The van der Waals surface area contributed by atoms with Gasteiger partial charge in [-0.1, -0.05) is 18.0 Å². The van der Waals surface area contributed by atoms with Crippen molar-refractivity contribution in [1.29, 1.82) is 0 Å². The maximum absolute atomic E-state index is 12.1. The number of anilines is 2. The average molecular weight is 311 g/mol. The Morgan fingerprint density at radius 1 is 1.38 bits per heavy atom. The third-order valence-electron chi connectivity index (χ3n) is 3.58. The van der Waals surface area contributed by atoms with Crippen LogP contribution in [0.4, 0.5) is 11.4 Å². The molecule has 2 rings (SSSR count). The van der Waals surface area contributed by atoms with Gasteiger partial charge in [0.25, 0.3) is 0 Å². The van der Waals surface area contributed by atoms with E-state index in [-0.39, 0.29) is 24.4 Å². The molecule has 2 amide bonds. The number of likely N-dealkylation sites (tertiary alicyclic amines) is 1. The highest BCUT2D eigenvalue weighted by molar-refractivity contribution is 6.31. The maximum Gasteiger partial charge on any atom is 0.238 e. The monoisotopic (exact) mass is 310 g/mol. The summed E-state index contributed by atoms with van der Waals surface area (Å²) in [4.78, 5) is 25.3. The van der Waals surface area contributed by atoms with E-state index in [1.165, 1.54) is 0 Å². The molecule has 0 aliphatic carbocycles. The fraction of sp³-hybridized carbons (Fsp3) is 0.429. The van der Waals surface area contributed by atoms with Gasteiger partial charge in [-0.2, -0.15) is 0 Å². The number of amides is 2. The summed E-state index contributed by atoms with van der Waals surface area (Å²) < 4.78 is 0. The zero-order chi connectivity index (χ0) is 15.4. The molecule has 0 bridgehead atoms. The molecule has 1 aromatic carbocycles. The zero-order valence-electron chi connectivity index (χ0n) is 11.6. The molecular formula is C14H19ClN4O2. The van der Waals surface area contributed by atoms with Crippen molar-refractivity contribution in [3.63, 3.8) is 0 Å². The lowest BCUT2D eigenvalue weighted by Crippen LogP contribution is -2.50. The Bertz CT molecular complexity index is 550. The van der Waals surface area contributed by atoms with Crippen LogP contribution in [0.2, 0.25) is 5.02 Å². The van der Waals surface area contributed by atoms with Crippen LogP contribution in [0.5, 0.6) is 0 Å². The van der Waals surface area contributed by atoms with Gasteiger partial charge in [-0.15, -0.1) is 0 Å². The number of nitrogens with zero attached hydrogens (tertiary/aromatic N) is 1. The number of nitrogens with two attached hydrogens (primary N) is 2. The molecule has 21 heavy (non-hydrogen) atoms. The topological polar surface area (TPSA) is 101 Å². The van der Waals surface area contributed by atoms with Crippen LogP contribution in [0, 0.1) is 0 Å². The summed E-state index contributed by atoms with van der Waals surface area (Å²) in [6, 6.07) is 4.50. The fourth-order valence-electron chi connectivity index (χ4n) is 2.51. The molecule has 5 N–H and O–H groups in total. The fourth-order valence-corrected chi connectivity index (χ4v) is 2.69. The van der Waals surface area contributed by atoms with E-state index in [1.807, 2.05) is 4.90 Å². The Hall–Kier alpha value is -1.79. The molecule has 1 aromatic rings. The van der Waals surface area contributed by atoms with Crippen LogP contribution in [-0.2, 0) is 9.59 Å². The van der Waals surface area contributed by atoms with E-state index in [2.05, 4.69) is 5.32 Å². The van der Waals surface area contributed by atoms with E-state index >= 15 is 0 Å². The molecular weight excluding hydrogens is 292 g/mol. The van der Waals surface area contributed by atoms with Gasteiger partial charge in [0.05, 0.1) is 24.0 Å². The highest BCUT2D eigenvalue weighted by Gasteiger charge is 2.28. The van der Waals surface area contributed by atoms with Gasteiger partial charge in [0.2, 0.25) is 11.8 Å². The van der Waals surface area contributed by atoms with Crippen molar-refractivity contribution in [1.82, 2.24) is 4.90 Å². The van der Waals surface area contributed by atoms with E-state index in [9.17, 15) is 9.59 Å². The second-order valence-electron chi connectivity index (χ2n) is 5.16. The predicted molar refractivity (Wildman–Crippen MR) is 82.9 cm³/mol. The summed E-state index contributed by atoms with van der Waals surface area (Å²) in [5, 5.41) is 3.21. The van der Waals surface area contributed by atoms with Gasteiger partial charge < -0.3 is 16.8 Å². The van der Waals surface area contributed by atoms with Crippen LogP contribution >= 0.6 is 11.6 Å². The summed E-state index contributed by atoms with van der Waals surface area (Å²) in [6.07, 6.45) is 2.60. The molecule has 1 saturated heterocycles. The molecule has 1 aliphatic heterocycles. The standard InChI is InChI=1S/C14H19ClN4O2/c15-9-4-5-10(16)11(7-9)18-13(20)8-19-6-2-1-3-12(19)14(17)21/h4-5,7,12H,1-3,6,8,16H2,(H2,17,21)(H,18,20). The van der Waals surface area contributed by atoms with Gasteiger partial charge in [-0.3, -0.25) is 14.5 Å². The summed E-state index contributed by atoms with van der Waals surface area (Å²) in [5.74, 6) is -0.623. The largest absolute Gasteiger partial charge is 0.397 e. The van der Waals surface area contributed by atoms with E-state index in [0.29, 0.717) is 29.4 Å². The lowest BCUT2D eigenvalue weighted by molar-refractivity contribution is -0.126. The number of carbonyl (C=O) groups is 2. The SMILES string of the molecule is NC(=O)C1CCCCN1CC(=O)Nc1cc(Cl)ccc1N. The van der Waals surface area contributed by atoms with Gasteiger partial charge in [0, 0.05) is 5.02 Å². The Labute approximate surface area is 128 Å². The molecule has 0 aromatic heterocycles. The first-order chi connectivity index (χ1) is 9.97. The molecule has 1 unspecified atom stereocenters. The van der Waals surface area contributed by atoms with E-state index < -0.39 is 0 Å². The first-order valence-corrected chi connectivity index (χ1v) is 7.23. The van der Waals surface area contributed by atoms with Crippen molar-refractivity contribution in [3.05, 3.63) is 23.2 Å². The van der Waals surface area contributed by atoms with Crippen molar-refractivity contribution in [3.8, 4) is 0 Å². The number of piperidine rings is 1. The number of carbonyl (C=O) groups excluding carboxylic acids is 2. The lowest BCUT2D eigenvalue weighted by atomic mass is 10.0. The van der Waals surface area contributed by atoms with Gasteiger partial charge in [0.15, 0.2) is 0 Å². The molecule has 1 atom stereocenters. The average Bonchev–Trinajstić information content (AvgIpc) is 2.43. The molecule has 1 aliphatic rings. The molecule has 1 fully saturated rings. The smallest absolute Gasteiger partial charge is 0.238 e. The Balaban J connectivity index is 2.00. The van der Waals surface area contributed by atoms with Gasteiger partial charge in [0.1, 0.15) is 0 Å². The Kier molecular flexibility index (Phi) is 5.03. The van der Waals surface area contributed by atoms with Gasteiger partial charge in [-0.25, -0.2) is 0 Å². The number of hydrogen-bond acceptors (Lipinski definition) is 4. The molecule has 114 valence electrons. The normalized spacial score (nSPS) is 19.2. The summed E-state index contributed by atoms with van der Waals surface area (Å²) in [6.45, 7) is 0.797. The van der Waals surface area contributed by atoms with E-state index in [1.54, 1.807) is 18.2 Å². The van der Waals surface area contributed by atoms with E-state index in [0.717, 1.165) is 12.8 Å². The number of primary amides is 1. The van der Waals surface area contributed by atoms with Crippen molar-refractivity contribution in [2.24, 2.45) is 5.73 Å². The number of rotatable bonds is 4. The van der Waals surface area contributed by atoms with Crippen LogP contribution in [0.25, 0.3) is 0 Å².